The van der Waals surface area contributed by atoms with Gasteiger partial charge in [-0.05, 0) is 92.4 Å². The Morgan fingerprint density at radius 2 is 1.53 bits per heavy atom. The standard InChI is InChI=1S/C43H48Cl2N4O10S/c1-5-6-7-8-23-57-32-17-9-28(10-18-32)24-37(40(50)47-60(55,56)35-21-22-36(45)38(26-35)49(53)54)46-41(51)39-25-34(27-48(39)42(52)59-43(2,3)4)58-33-19-13-30(14-20-33)29-11-15-31(44)16-12-29/h9-22,26,34,37,39H,5-8,23-25,27H2,1-4H3,(H,46,51)(H,47,50)/t34-,37-,39-/m0/s1. The number of carbonyl (C=O) groups excluding carboxylic acids is 3. The van der Waals surface area contributed by atoms with Crippen LogP contribution in [0.3, 0.4) is 0 Å². The number of halogens is 2. The lowest BCUT2D eigenvalue weighted by molar-refractivity contribution is -0.384. The molecule has 0 saturated carbocycles. The number of carbonyl (C=O) groups is 3. The molecule has 320 valence electrons. The van der Waals surface area contributed by atoms with Crippen molar-refractivity contribution in [1.29, 1.82) is 0 Å². The zero-order valence-electron chi connectivity index (χ0n) is 33.7. The quantitative estimate of drug-likeness (QED) is 0.0592. The van der Waals surface area contributed by atoms with Crippen LogP contribution >= 0.6 is 23.2 Å². The molecule has 0 aliphatic carbocycles. The number of nitro benzene ring substituents is 1. The Morgan fingerprint density at radius 1 is 0.900 bits per heavy atom. The molecular weight excluding hydrogens is 835 g/mol. The van der Waals surface area contributed by atoms with E-state index in [-0.39, 0.29) is 24.4 Å². The number of likely N-dealkylation sites (tertiary alicyclic amines) is 1. The monoisotopic (exact) mass is 882 g/mol. The molecule has 1 aliphatic heterocycles. The fraction of sp³-hybridized carbons (Fsp3) is 0.372. The zero-order chi connectivity index (χ0) is 43.6. The summed E-state index contributed by atoms with van der Waals surface area (Å²) in [5, 5.41) is 14.5. The molecule has 3 atom stereocenters. The lowest BCUT2D eigenvalue weighted by atomic mass is 10.0. The van der Waals surface area contributed by atoms with Gasteiger partial charge in [-0.2, -0.15) is 0 Å². The number of amides is 3. The number of sulfonamides is 1. The number of benzene rings is 4. The number of nitrogens with one attached hydrogen (secondary N) is 2. The average molecular weight is 884 g/mol. The molecule has 4 aromatic rings. The molecule has 3 amide bonds. The maximum atomic E-state index is 14.2. The van der Waals surface area contributed by atoms with Gasteiger partial charge in [0.25, 0.3) is 21.6 Å². The van der Waals surface area contributed by atoms with Crippen LogP contribution in [0.4, 0.5) is 10.5 Å². The molecule has 14 nitrogen and oxygen atoms in total. The minimum absolute atomic E-state index is 0.00931. The first-order valence-corrected chi connectivity index (χ1v) is 21.7. The van der Waals surface area contributed by atoms with Gasteiger partial charge in [-0.3, -0.25) is 24.6 Å². The van der Waals surface area contributed by atoms with Gasteiger partial charge in [0.1, 0.15) is 40.3 Å². The summed E-state index contributed by atoms with van der Waals surface area (Å²) >= 11 is 11.9. The Bertz CT molecular complexity index is 2250. The summed E-state index contributed by atoms with van der Waals surface area (Å²) in [4.78, 5) is 52.9. The highest BCUT2D eigenvalue weighted by Gasteiger charge is 2.44. The van der Waals surface area contributed by atoms with Crippen molar-refractivity contribution in [3.63, 3.8) is 0 Å². The summed E-state index contributed by atoms with van der Waals surface area (Å²) in [6.45, 7) is 7.67. The Hall–Kier alpha value is -5.38. The van der Waals surface area contributed by atoms with E-state index >= 15 is 0 Å². The third-order valence-corrected chi connectivity index (χ3v) is 11.4. The highest BCUT2D eigenvalue weighted by molar-refractivity contribution is 7.90. The van der Waals surface area contributed by atoms with Crippen LogP contribution in [0.5, 0.6) is 11.5 Å². The predicted octanol–water partition coefficient (Wildman–Crippen LogP) is 8.52. The predicted molar refractivity (Wildman–Crippen MR) is 228 cm³/mol. The Morgan fingerprint density at radius 3 is 2.15 bits per heavy atom. The summed E-state index contributed by atoms with van der Waals surface area (Å²) < 4.78 is 46.5. The molecular formula is C43H48Cl2N4O10S. The van der Waals surface area contributed by atoms with Gasteiger partial charge in [0.15, 0.2) is 0 Å². The number of unbranched alkanes of at least 4 members (excludes halogenated alkanes) is 3. The van der Waals surface area contributed by atoms with Gasteiger partial charge in [0, 0.05) is 23.9 Å². The van der Waals surface area contributed by atoms with E-state index in [1.807, 2.05) is 29.0 Å². The van der Waals surface area contributed by atoms with E-state index in [1.54, 1.807) is 69.3 Å². The van der Waals surface area contributed by atoms with E-state index in [1.165, 1.54) is 4.90 Å². The molecule has 5 rings (SSSR count). The first-order valence-electron chi connectivity index (χ1n) is 19.5. The Balaban J connectivity index is 1.38. The van der Waals surface area contributed by atoms with E-state index in [0.29, 0.717) is 28.7 Å². The second-order valence-electron chi connectivity index (χ2n) is 15.3. The van der Waals surface area contributed by atoms with Crippen LogP contribution in [0.2, 0.25) is 10.0 Å². The van der Waals surface area contributed by atoms with Crippen molar-refractivity contribution in [2.45, 2.75) is 94.9 Å². The van der Waals surface area contributed by atoms with Gasteiger partial charge in [-0.25, -0.2) is 17.9 Å². The van der Waals surface area contributed by atoms with E-state index in [0.717, 1.165) is 55.0 Å². The fourth-order valence-electron chi connectivity index (χ4n) is 6.43. The number of hydrogen-bond donors (Lipinski definition) is 2. The average Bonchev–Trinajstić information content (AvgIpc) is 3.62. The second-order valence-corrected chi connectivity index (χ2v) is 17.8. The van der Waals surface area contributed by atoms with E-state index in [2.05, 4.69) is 12.2 Å². The van der Waals surface area contributed by atoms with Gasteiger partial charge in [-0.15, -0.1) is 0 Å². The van der Waals surface area contributed by atoms with E-state index in [4.69, 9.17) is 37.4 Å². The van der Waals surface area contributed by atoms with Crippen molar-refractivity contribution in [3.05, 3.63) is 117 Å². The molecule has 60 heavy (non-hydrogen) atoms. The van der Waals surface area contributed by atoms with Crippen molar-refractivity contribution in [1.82, 2.24) is 14.9 Å². The van der Waals surface area contributed by atoms with Crippen LogP contribution in [0, 0.1) is 10.1 Å². The van der Waals surface area contributed by atoms with Crippen LogP contribution in [-0.2, 0) is 30.8 Å². The lowest BCUT2D eigenvalue weighted by Gasteiger charge is -2.28. The molecule has 0 spiro atoms. The molecule has 17 heteroatoms. The van der Waals surface area contributed by atoms with Crippen LogP contribution in [-0.4, -0.2) is 73.1 Å². The van der Waals surface area contributed by atoms with Crippen LogP contribution in [0.25, 0.3) is 11.1 Å². The van der Waals surface area contributed by atoms with Crippen LogP contribution < -0.4 is 19.5 Å². The largest absolute Gasteiger partial charge is 0.494 e. The molecule has 1 heterocycles. The SMILES string of the molecule is CCCCCCOc1ccc(C[C@H](NC(=O)[C@@H]2C[C@H](Oc3ccc(-c4ccc(Cl)cc4)cc3)CN2C(=O)OC(C)(C)C)C(=O)NS(=O)(=O)c2ccc(Cl)c([N+](=O)[O-])c2)cc1. The Labute approximate surface area is 359 Å². The summed E-state index contributed by atoms with van der Waals surface area (Å²) in [5.74, 6) is -0.817. The summed E-state index contributed by atoms with van der Waals surface area (Å²) in [6.07, 6.45) is 2.50. The number of nitro groups is 1. The van der Waals surface area contributed by atoms with Crippen molar-refractivity contribution in [2.24, 2.45) is 0 Å². The first kappa shape index (κ1) is 45.7. The van der Waals surface area contributed by atoms with E-state index in [9.17, 15) is 32.9 Å². The molecule has 1 fully saturated rings. The topological polar surface area (TPSA) is 183 Å². The Kier molecular flexibility index (Phi) is 15.4. The lowest BCUT2D eigenvalue weighted by Crippen LogP contribution is -2.55. The summed E-state index contributed by atoms with van der Waals surface area (Å²) in [7, 11) is -4.70. The summed E-state index contributed by atoms with van der Waals surface area (Å²) in [5.41, 5.74) is 0.827. The smallest absolute Gasteiger partial charge is 0.411 e. The van der Waals surface area contributed by atoms with Gasteiger partial charge in [-0.1, -0.05) is 85.8 Å². The van der Waals surface area contributed by atoms with Gasteiger partial charge in [0.05, 0.1) is 23.0 Å². The molecule has 1 saturated heterocycles. The maximum Gasteiger partial charge on any atom is 0.411 e. The number of rotatable bonds is 17. The number of nitrogens with zero attached hydrogens (tertiary/aromatic N) is 2. The third-order valence-electron chi connectivity index (χ3n) is 9.45. The van der Waals surface area contributed by atoms with Gasteiger partial charge < -0.3 is 19.5 Å². The summed E-state index contributed by atoms with van der Waals surface area (Å²) in [6, 6.07) is 21.5. The molecule has 1 aliphatic rings. The van der Waals surface area contributed by atoms with Crippen molar-refractivity contribution >= 4 is 56.8 Å². The maximum absolute atomic E-state index is 14.2. The molecule has 0 aromatic heterocycles. The minimum Gasteiger partial charge on any atom is -0.494 e. The van der Waals surface area contributed by atoms with Crippen molar-refractivity contribution in [3.8, 4) is 22.6 Å². The van der Waals surface area contributed by atoms with Crippen LogP contribution in [0.1, 0.15) is 65.4 Å². The minimum atomic E-state index is -4.70. The number of ether oxygens (including phenoxy) is 3. The first-order chi connectivity index (χ1) is 28.4. The van der Waals surface area contributed by atoms with Crippen molar-refractivity contribution in [2.75, 3.05) is 13.2 Å². The molecule has 0 radical (unpaired) electrons. The third kappa shape index (κ3) is 12.8. The molecule has 4 aromatic carbocycles. The van der Waals surface area contributed by atoms with Crippen LogP contribution in [0.15, 0.2) is 95.9 Å². The highest BCUT2D eigenvalue weighted by atomic mass is 35.5. The second kappa shape index (κ2) is 20.3. The van der Waals surface area contributed by atoms with E-state index < -0.39 is 67.2 Å². The molecule has 0 bridgehead atoms. The number of hydrogen-bond acceptors (Lipinski definition) is 10. The normalized spacial score (nSPS) is 15.8. The zero-order valence-corrected chi connectivity index (χ0v) is 36.0. The molecule has 0 unspecified atom stereocenters. The van der Waals surface area contributed by atoms with Crippen molar-refractivity contribution < 1.29 is 41.9 Å². The molecule has 2 N–H and O–H groups in total. The van der Waals surface area contributed by atoms with Gasteiger partial charge >= 0.3 is 6.09 Å². The fourth-order valence-corrected chi connectivity index (χ4v) is 7.78. The highest BCUT2D eigenvalue weighted by Crippen LogP contribution is 2.30. The van der Waals surface area contributed by atoms with Gasteiger partial charge in [0.2, 0.25) is 5.91 Å².